The molecule has 0 aliphatic carbocycles. The van der Waals surface area contributed by atoms with Gasteiger partial charge in [0.25, 0.3) is 0 Å². The van der Waals surface area contributed by atoms with Crippen LogP contribution in [0.3, 0.4) is 0 Å². The van der Waals surface area contributed by atoms with E-state index in [9.17, 15) is 9.59 Å². The van der Waals surface area contributed by atoms with E-state index in [1.807, 2.05) is 60.7 Å². The van der Waals surface area contributed by atoms with Crippen molar-refractivity contribution in [3.8, 4) is 11.5 Å². The van der Waals surface area contributed by atoms with Crippen molar-refractivity contribution in [1.82, 2.24) is 20.9 Å². The number of hydrogen-bond acceptors (Lipinski definition) is 6. The number of benzene rings is 2. The minimum Gasteiger partial charge on any atom is -0.457 e. The molecule has 0 bridgehead atoms. The Kier molecular flexibility index (Phi) is 5.79. The van der Waals surface area contributed by atoms with Crippen LogP contribution in [0.5, 0.6) is 11.5 Å². The number of nitrogens with zero attached hydrogens (tertiary/aromatic N) is 2. The molecule has 9 heteroatoms. The van der Waals surface area contributed by atoms with Gasteiger partial charge in [-0.3, -0.25) is 9.69 Å². The number of hydrogen-bond donors (Lipinski definition) is 3. The highest BCUT2D eigenvalue weighted by molar-refractivity contribution is 8.01. The van der Waals surface area contributed by atoms with Gasteiger partial charge >= 0.3 is 6.03 Å². The molecule has 178 valence electrons. The van der Waals surface area contributed by atoms with E-state index in [2.05, 4.69) is 20.9 Å². The smallest absolute Gasteiger partial charge is 0.322 e. The first-order valence-electron chi connectivity index (χ1n) is 11.7. The molecule has 2 unspecified atom stereocenters. The minimum absolute atomic E-state index is 0.0552. The number of urea groups is 1. The molecule has 3 aliphatic rings. The normalized spacial score (nSPS) is 22.5. The molecule has 6 rings (SSSR count). The number of thioether (sulfide) groups is 1. The zero-order valence-corrected chi connectivity index (χ0v) is 19.8. The van der Waals surface area contributed by atoms with E-state index in [0.29, 0.717) is 6.54 Å². The molecule has 0 radical (unpaired) electrons. The van der Waals surface area contributed by atoms with E-state index in [1.165, 1.54) is 11.8 Å². The Bertz CT molecular complexity index is 1250. The van der Waals surface area contributed by atoms with Gasteiger partial charge in [0.15, 0.2) is 0 Å². The van der Waals surface area contributed by atoms with Crippen LogP contribution >= 0.6 is 11.8 Å². The Balaban J connectivity index is 1.19. The number of para-hydroxylation sites is 1. The quantitative estimate of drug-likeness (QED) is 0.492. The standard InChI is InChI=1S/C26H25N5O3S/c32-24(29-17-10-12-27-14-17)23-22-21-20(11-13-28-25(21)35-23)31(26(33)30-22)15-16-6-8-19(9-7-16)34-18-4-2-1-3-5-18/h1-9,11,13,17,22-23,27H,10,12,14-15H2,(H,29,32)(H,30,33)/t17?,22?,23-/m1/s1. The molecule has 0 spiro atoms. The van der Waals surface area contributed by atoms with Crippen molar-refractivity contribution in [2.45, 2.75) is 35.3 Å². The third-order valence-corrected chi connectivity index (χ3v) is 7.79. The molecule has 3 aliphatic heterocycles. The van der Waals surface area contributed by atoms with E-state index in [4.69, 9.17) is 4.74 Å². The van der Waals surface area contributed by atoms with Crippen molar-refractivity contribution < 1.29 is 14.3 Å². The lowest BCUT2D eigenvalue weighted by molar-refractivity contribution is -0.121. The first kappa shape index (κ1) is 21.9. The van der Waals surface area contributed by atoms with Gasteiger partial charge in [-0.1, -0.05) is 42.1 Å². The highest BCUT2D eigenvalue weighted by Crippen LogP contribution is 2.49. The maximum Gasteiger partial charge on any atom is 0.322 e. The fourth-order valence-corrected chi connectivity index (χ4v) is 6.00. The summed E-state index contributed by atoms with van der Waals surface area (Å²) in [7, 11) is 0. The molecule has 35 heavy (non-hydrogen) atoms. The lowest BCUT2D eigenvalue weighted by Crippen LogP contribution is -2.51. The Labute approximate surface area is 207 Å². The molecular formula is C26H25N5O3S. The molecule has 8 nitrogen and oxygen atoms in total. The van der Waals surface area contributed by atoms with Crippen LogP contribution in [0.25, 0.3) is 0 Å². The number of ether oxygens (including phenoxy) is 1. The Hall–Kier alpha value is -3.56. The van der Waals surface area contributed by atoms with Gasteiger partial charge < -0.3 is 20.7 Å². The van der Waals surface area contributed by atoms with Gasteiger partial charge in [0.2, 0.25) is 5.91 Å². The Morgan fingerprint density at radius 2 is 1.91 bits per heavy atom. The number of carbonyl (C=O) groups excluding carboxylic acids is 2. The van der Waals surface area contributed by atoms with Crippen LogP contribution in [0.15, 0.2) is 71.9 Å². The van der Waals surface area contributed by atoms with E-state index < -0.39 is 11.3 Å². The van der Waals surface area contributed by atoms with Crippen LogP contribution in [0.1, 0.15) is 23.6 Å². The number of amides is 3. The molecule has 1 fully saturated rings. The molecule has 1 aromatic heterocycles. The number of nitrogens with one attached hydrogen (secondary N) is 3. The molecule has 1 saturated heterocycles. The average molecular weight is 488 g/mol. The third kappa shape index (κ3) is 4.33. The molecule has 4 heterocycles. The summed E-state index contributed by atoms with van der Waals surface area (Å²) in [5, 5.41) is 9.83. The summed E-state index contributed by atoms with van der Waals surface area (Å²) in [5.74, 6) is 1.45. The SMILES string of the molecule is O=C(NC1CCNC1)[C@@H]1Sc2nccc3c2C1NC(=O)N3Cc1ccc(Oc2ccccc2)cc1. The maximum atomic E-state index is 13.2. The van der Waals surface area contributed by atoms with Crippen molar-refractivity contribution in [3.63, 3.8) is 0 Å². The topological polar surface area (TPSA) is 95.6 Å². The van der Waals surface area contributed by atoms with E-state index >= 15 is 0 Å². The summed E-state index contributed by atoms with van der Waals surface area (Å²) in [6.45, 7) is 2.08. The van der Waals surface area contributed by atoms with Crippen LogP contribution in [0.2, 0.25) is 0 Å². The summed E-state index contributed by atoms with van der Waals surface area (Å²) >= 11 is 1.43. The lowest BCUT2D eigenvalue weighted by Gasteiger charge is -2.34. The number of pyridine rings is 1. The van der Waals surface area contributed by atoms with E-state index in [0.717, 1.165) is 52.8 Å². The van der Waals surface area contributed by atoms with E-state index in [-0.39, 0.29) is 18.0 Å². The van der Waals surface area contributed by atoms with Crippen LogP contribution in [-0.4, -0.2) is 41.3 Å². The van der Waals surface area contributed by atoms with Crippen LogP contribution in [0.4, 0.5) is 10.5 Å². The number of anilines is 1. The second-order valence-corrected chi connectivity index (χ2v) is 9.99. The largest absolute Gasteiger partial charge is 0.457 e. The molecule has 3 N–H and O–H groups in total. The predicted octanol–water partition coefficient (Wildman–Crippen LogP) is 3.60. The second-order valence-electron chi connectivity index (χ2n) is 8.86. The number of aromatic nitrogens is 1. The summed E-state index contributed by atoms with van der Waals surface area (Å²) in [5.41, 5.74) is 2.70. The fraction of sp³-hybridized carbons (Fsp3) is 0.269. The van der Waals surface area contributed by atoms with Gasteiger partial charge in [0, 0.05) is 24.3 Å². The van der Waals surface area contributed by atoms with Gasteiger partial charge in [-0.15, -0.1) is 0 Å². The maximum absolute atomic E-state index is 13.2. The zero-order chi connectivity index (χ0) is 23.8. The van der Waals surface area contributed by atoms with Crippen molar-refractivity contribution in [2.24, 2.45) is 0 Å². The average Bonchev–Trinajstić information content (AvgIpc) is 3.52. The predicted molar refractivity (Wildman–Crippen MR) is 134 cm³/mol. The monoisotopic (exact) mass is 487 g/mol. The minimum atomic E-state index is -0.431. The first-order valence-corrected chi connectivity index (χ1v) is 12.6. The Morgan fingerprint density at radius 1 is 1.11 bits per heavy atom. The summed E-state index contributed by atoms with van der Waals surface area (Å²) < 4.78 is 5.87. The van der Waals surface area contributed by atoms with Crippen molar-refractivity contribution in [1.29, 1.82) is 0 Å². The molecule has 2 aromatic carbocycles. The van der Waals surface area contributed by atoms with Crippen molar-refractivity contribution in [2.75, 3.05) is 18.0 Å². The molecule has 3 amide bonds. The molecule has 0 saturated carbocycles. The van der Waals surface area contributed by atoms with Crippen LogP contribution in [0, 0.1) is 0 Å². The molecular weight excluding hydrogens is 462 g/mol. The van der Waals surface area contributed by atoms with E-state index in [1.54, 1.807) is 11.1 Å². The zero-order valence-electron chi connectivity index (χ0n) is 18.9. The highest BCUT2D eigenvalue weighted by atomic mass is 32.2. The number of rotatable bonds is 6. The summed E-state index contributed by atoms with van der Waals surface area (Å²) in [4.78, 5) is 32.5. The molecule has 3 atom stereocenters. The second kappa shape index (κ2) is 9.24. The summed E-state index contributed by atoms with van der Waals surface area (Å²) in [6, 6.07) is 18.7. The van der Waals surface area contributed by atoms with Gasteiger partial charge in [-0.25, -0.2) is 9.78 Å². The van der Waals surface area contributed by atoms with Gasteiger partial charge in [0.1, 0.15) is 21.8 Å². The summed E-state index contributed by atoms with van der Waals surface area (Å²) in [6.07, 6.45) is 2.63. The van der Waals surface area contributed by atoms with Crippen molar-refractivity contribution in [3.05, 3.63) is 78.0 Å². The van der Waals surface area contributed by atoms with Crippen LogP contribution < -0.4 is 25.6 Å². The highest BCUT2D eigenvalue weighted by Gasteiger charge is 2.46. The number of carbonyl (C=O) groups is 2. The fourth-order valence-electron chi connectivity index (χ4n) is 4.77. The van der Waals surface area contributed by atoms with Gasteiger partial charge in [-0.2, -0.15) is 0 Å². The molecule has 3 aromatic rings. The van der Waals surface area contributed by atoms with Crippen LogP contribution in [-0.2, 0) is 11.3 Å². The first-order chi connectivity index (χ1) is 17.2. The lowest BCUT2D eigenvalue weighted by atomic mass is 9.99. The van der Waals surface area contributed by atoms with Crippen molar-refractivity contribution >= 4 is 29.4 Å². The third-order valence-electron chi connectivity index (χ3n) is 6.51. The van der Waals surface area contributed by atoms with Gasteiger partial charge in [0.05, 0.1) is 18.3 Å². The Morgan fingerprint density at radius 3 is 2.69 bits per heavy atom. The van der Waals surface area contributed by atoms with Gasteiger partial charge in [-0.05, 0) is 48.9 Å².